The average Bonchev–Trinajstić information content (AvgIpc) is 3.00. The van der Waals surface area contributed by atoms with Gasteiger partial charge in [-0.05, 0) is 33.1 Å². The van der Waals surface area contributed by atoms with Crippen molar-refractivity contribution in [2.45, 2.75) is 132 Å². The second kappa shape index (κ2) is 19.0. The van der Waals surface area contributed by atoms with E-state index in [-0.39, 0.29) is 25.2 Å². The summed E-state index contributed by atoms with van der Waals surface area (Å²) >= 11 is 0. The first-order valence-electron chi connectivity index (χ1n) is 16.8. The largest absolute Gasteiger partial charge is 0.481 e. The number of carboxylic acids is 1. The topological polar surface area (TPSA) is 239 Å². The zero-order valence-corrected chi connectivity index (χ0v) is 28.2. The highest BCUT2D eigenvalue weighted by Crippen LogP contribution is 2.38. The number of allylic oxidation sites excluding steroid dienone is 6. The zero-order chi connectivity index (χ0) is 36.3. The Labute approximate surface area is 286 Å². The number of hydrogen-bond acceptors (Lipinski definition) is 13. The van der Waals surface area contributed by atoms with Gasteiger partial charge in [0.2, 0.25) is 0 Å². The molecule has 3 aliphatic rings. The molecule has 2 saturated heterocycles. The minimum Gasteiger partial charge on any atom is -0.481 e. The number of hydrogen-bond donors (Lipinski definition) is 8. The van der Waals surface area contributed by atoms with E-state index in [0.29, 0.717) is 0 Å². The maximum absolute atomic E-state index is 12.3. The van der Waals surface area contributed by atoms with E-state index in [9.17, 15) is 45.3 Å². The molecule has 0 spiro atoms. The van der Waals surface area contributed by atoms with E-state index in [4.69, 9.17) is 24.7 Å². The molecule has 0 saturated carbocycles. The summed E-state index contributed by atoms with van der Waals surface area (Å²) in [7, 11) is 0. The van der Waals surface area contributed by atoms with Gasteiger partial charge in [-0.1, -0.05) is 61.6 Å². The van der Waals surface area contributed by atoms with E-state index < -0.39 is 104 Å². The summed E-state index contributed by atoms with van der Waals surface area (Å²) in [4.78, 5) is 24.6. The fourth-order valence-corrected chi connectivity index (χ4v) is 6.29. The molecule has 0 unspecified atom stereocenters. The van der Waals surface area contributed by atoms with E-state index in [0.717, 1.165) is 6.42 Å². The van der Waals surface area contributed by atoms with Gasteiger partial charge in [0.1, 0.15) is 18.1 Å². The van der Waals surface area contributed by atoms with Crippen LogP contribution in [0.1, 0.15) is 59.3 Å². The molecule has 0 aromatic rings. The number of carbonyl (C=O) groups is 2. The SMILES string of the molecule is CC[C@H]1/C=C/C=C/C=C/C=C/[C@H](O[C@@H]2O[C@H](C)[C@@H](O)[C@H](N)[C@@H]2O)C[C@@H]2O[C@](O)(C[C@@H](O)C[C@@H](O)C/C=C/C(=O)O[C@@H]1C)C[C@H](O)[C@H]2C(=O)O. The molecule has 0 amide bonds. The van der Waals surface area contributed by atoms with Crippen LogP contribution in [0, 0.1) is 11.8 Å². The fourth-order valence-electron chi connectivity index (χ4n) is 6.29. The van der Waals surface area contributed by atoms with Crippen LogP contribution in [0.25, 0.3) is 0 Å². The summed E-state index contributed by atoms with van der Waals surface area (Å²) in [6, 6.07) is -1.09. The first-order chi connectivity index (χ1) is 23.1. The van der Waals surface area contributed by atoms with Gasteiger partial charge in [0.25, 0.3) is 0 Å². The molecule has 14 heteroatoms. The maximum Gasteiger partial charge on any atom is 0.330 e. The predicted molar refractivity (Wildman–Crippen MR) is 176 cm³/mol. The molecular weight excluding hydrogens is 642 g/mol. The van der Waals surface area contributed by atoms with Crippen LogP contribution in [0.15, 0.2) is 60.8 Å². The smallest absolute Gasteiger partial charge is 0.330 e. The van der Waals surface area contributed by atoms with E-state index in [1.165, 1.54) is 12.2 Å². The number of esters is 1. The molecule has 0 aliphatic carbocycles. The number of aliphatic carboxylic acids is 1. The number of cyclic esters (lactones) is 1. The standard InChI is InChI=1S/C35H53NO13/c1-4-22-12-9-7-5-6-8-10-14-25(48-34-32(42)30(36)31(41)21(3)47-34)17-27-29(33(43)44)26(39)19-35(45,49-27)18-24(38)16-23(37)13-11-15-28(40)46-20(22)2/h5-12,14-15,20-27,29-32,34,37-39,41-42,45H,4,13,16-19,36H2,1-3H3,(H,43,44)/b7-5+,8-6+,12-9+,14-10+,15-11+/t20-,21-,22+,23+,24+,25+,26+,27+,29-,30+,31-,32+,34+,35-/m1/s1. The Kier molecular flexibility index (Phi) is 15.8. The minimum atomic E-state index is -2.18. The molecule has 3 aliphatic heterocycles. The van der Waals surface area contributed by atoms with Gasteiger partial charge in [0.15, 0.2) is 12.1 Å². The monoisotopic (exact) mass is 695 g/mol. The summed E-state index contributed by atoms with van der Waals surface area (Å²) in [6.45, 7) is 5.32. The molecule has 276 valence electrons. The summed E-state index contributed by atoms with van der Waals surface area (Å²) in [5.74, 6) is -5.69. The number of rotatable bonds is 4. The molecule has 3 rings (SSSR count). The zero-order valence-electron chi connectivity index (χ0n) is 28.2. The van der Waals surface area contributed by atoms with Crippen LogP contribution in [0.3, 0.4) is 0 Å². The van der Waals surface area contributed by atoms with Crippen molar-refractivity contribution in [2.24, 2.45) is 17.6 Å². The number of nitrogens with two attached hydrogens (primary N) is 1. The van der Waals surface area contributed by atoms with E-state index in [2.05, 4.69) is 0 Å². The Hall–Kier alpha value is -2.76. The molecule has 0 aromatic carbocycles. The van der Waals surface area contributed by atoms with Crippen LogP contribution in [0.2, 0.25) is 0 Å². The molecule has 49 heavy (non-hydrogen) atoms. The van der Waals surface area contributed by atoms with E-state index >= 15 is 0 Å². The van der Waals surface area contributed by atoms with E-state index in [1.807, 2.05) is 19.1 Å². The third kappa shape index (κ3) is 12.2. The second-order valence-electron chi connectivity index (χ2n) is 13.1. The molecular formula is C35H53NO13. The first kappa shape index (κ1) is 40.7. The van der Waals surface area contributed by atoms with Gasteiger partial charge in [-0.3, -0.25) is 4.79 Å². The first-order valence-corrected chi connectivity index (χ1v) is 16.8. The lowest BCUT2D eigenvalue weighted by Gasteiger charge is -2.45. The van der Waals surface area contributed by atoms with Gasteiger partial charge in [-0.15, -0.1) is 0 Å². The summed E-state index contributed by atoms with van der Waals surface area (Å²) in [5.41, 5.74) is 5.98. The highest BCUT2D eigenvalue weighted by Gasteiger charge is 2.50. The minimum absolute atomic E-state index is 0.00132. The maximum atomic E-state index is 12.3. The Morgan fingerprint density at radius 2 is 1.59 bits per heavy atom. The highest BCUT2D eigenvalue weighted by atomic mass is 16.7. The van der Waals surface area contributed by atoms with Crippen LogP contribution < -0.4 is 5.73 Å². The van der Waals surface area contributed by atoms with Crippen molar-refractivity contribution in [1.29, 1.82) is 0 Å². The van der Waals surface area contributed by atoms with Crippen LogP contribution in [0.5, 0.6) is 0 Å². The third-order valence-electron chi connectivity index (χ3n) is 9.05. The lowest BCUT2D eigenvalue weighted by atomic mass is 9.83. The molecule has 2 fully saturated rings. The summed E-state index contributed by atoms with van der Waals surface area (Å²) in [5, 5.41) is 74.4. The second-order valence-corrected chi connectivity index (χ2v) is 13.1. The van der Waals surface area contributed by atoms with Crippen LogP contribution >= 0.6 is 0 Å². The van der Waals surface area contributed by atoms with Crippen molar-refractivity contribution in [3.05, 3.63) is 60.8 Å². The van der Waals surface area contributed by atoms with Gasteiger partial charge in [-0.25, -0.2) is 4.79 Å². The van der Waals surface area contributed by atoms with Crippen molar-refractivity contribution in [1.82, 2.24) is 0 Å². The van der Waals surface area contributed by atoms with Gasteiger partial charge < -0.3 is 60.4 Å². The van der Waals surface area contributed by atoms with Gasteiger partial charge >= 0.3 is 11.9 Å². The number of aliphatic hydroxyl groups excluding tert-OH is 5. The molecule has 0 aromatic heterocycles. The van der Waals surface area contributed by atoms with Crippen molar-refractivity contribution in [3.63, 3.8) is 0 Å². The number of carboxylic acid groups (broad SMARTS) is 1. The number of ether oxygens (including phenoxy) is 4. The normalized spacial score (nSPS) is 45.2. The number of aliphatic hydroxyl groups is 6. The predicted octanol–water partition coefficient (Wildman–Crippen LogP) is 0.739. The average molecular weight is 696 g/mol. The third-order valence-corrected chi connectivity index (χ3v) is 9.05. The fraction of sp³-hybridized carbons (Fsp3) is 0.657. The molecule has 9 N–H and O–H groups in total. The van der Waals surface area contributed by atoms with Crippen molar-refractivity contribution in [2.75, 3.05) is 0 Å². The van der Waals surface area contributed by atoms with Gasteiger partial charge in [0.05, 0.1) is 48.8 Å². The summed E-state index contributed by atoms with van der Waals surface area (Å²) < 4.78 is 23.1. The van der Waals surface area contributed by atoms with Gasteiger partial charge in [-0.2, -0.15) is 0 Å². The Balaban J connectivity index is 1.93. The Morgan fingerprint density at radius 3 is 2.24 bits per heavy atom. The van der Waals surface area contributed by atoms with Crippen LogP contribution in [-0.2, 0) is 28.5 Å². The van der Waals surface area contributed by atoms with Crippen molar-refractivity contribution in [3.8, 4) is 0 Å². The van der Waals surface area contributed by atoms with Crippen molar-refractivity contribution >= 4 is 11.9 Å². The Morgan fingerprint density at radius 1 is 0.939 bits per heavy atom. The van der Waals surface area contributed by atoms with Crippen molar-refractivity contribution < 1.29 is 64.3 Å². The molecule has 14 nitrogen and oxygen atoms in total. The van der Waals surface area contributed by atoms with E-state index in [1.54, 1.807) is 50.3 Å². The molecule has 0 radical (unpaired) electrons. The summed E-state index contributed by atoms with van der Waals surface area (Å²) in [6.07, 6.45) is 4.26. The molecule has 14 atom stereocenters. The molecule has 2 bridgehead atoms. The number of fused-ring (bicyclic) bond motifs is 2. The number of carbonyl (C=O) groups excluding carboxylic acids is 1. The van der Waals surface area contributed by atoms with Crippen LogP contribution in [0.4, 0.5) is 0 Å². The van der Waals surface area contributed by atoms with Crippen LogP contribution in [-0.4, -0.2) is 121 Å². The van der Waals surface area contributed by atoms with Gasteiger partial charge in [0, 0.05) is 31.3 Å². The lowest BCUT2D eigenvalue weighted by molar-refractivity contribution is -0.308. The molecule has 3 heterocycles. The quantitative estimate of drug-likeness (QED) is 0.189. The Bertz CT molecular complexity index is 1220. The highest BCUT2D eigenvalue weighted by molar-refractivity contribution is 5.82. The lowest BCUT2D eigenvalue weighted by Crippen LogP contribution is -2.61.